The molecule has 5 heteroatoms. The first kappa shape index (κ1) is 11.7. The summed E-state index contributed by atoms with van der Waals surface area (Å²) in [4.78, 5) is 10.4. The molecule has 0 bridgehead atoms. The average Bonchev–Trinajstić information content (AvgIpc) is 1.86. The number of halogens is 1. The molecule has 0 radical (unpaired) electrons. The zero-order chi connectivity index (χ0) is 8.48. The highest BCUT2D eigenvalue weighted by Crippen LogP contribution is 2.12. The summed E-state index contributed by atoms with van der Waals surface area (Å²) in [6, 6.07) is -0.539. The summed E-state index contributed by atoms with van der Waals surface area (Å²) in [5.74, 6) is -0.847. The van der Waals surface area contributed by atoms with Gasteiger partial charge in [-0.25, -0.2) is 0 Å². The molecule has 1 rings (SSSR count). The van der Waals surface area contributed by atoms with Crippen molar-refractivity contribution in [2.24, 2.45) is 0 Å². The zero-order valence-electron chi connectivity index (χ0n) is 7.16. The van der Waals surface area contributed by atoms with Gasteiger partial charge in [-0.1, -0.05) is 0 Å². The van der Waals surface area contributed by atoms with Crippen molar-refractivity contribution < 1.29 is 14.6 Å². The lowest BCUT2D eigenvalue weighted by molar-refractivity contribution is -0.147. The molecule has 1 saturated heterocycles. The average molecular weight is 196 g/mol. The molecule has 1 heterocycles. The first-order valence-corrected chi connectivity index (χ1v) is 3.61. The molecule has 0 saturated carbocycles. The number of aliphatic carboxylic acids is 1. The minimum atomic E-state index is -0.847. The van der Waals surface area contributed by atoms with Crippen molar-refractivity contribution in [1.82, 2.24) is 5.32 Å². The second-order valence-electron chi connectivity index (χ2n) is 3.34. The molecule has 0 unspecified atom stereocenters. The van der Waals surface area contributed by atoms with Crippen LogP contribution in [0.15, 0.2) is 0 Å². The Morgan fingerprint density at radius 2 is 2.25 bits per heavy atom. The van der Waals surface area contributed by atoms with E-state index in [-0.39, 0.29) is 24.6 Å². The molecule has 12 heavy (non-hydrogen) atoms. The number of hydrogen-bond acceptors (Lipinski definition) is 3. The van der Waals surface area contributed by atoms with Crippen LogP contribution in [-0.2, 0) is 9.53 Å². The summed E-state index contributed by atoms with van der Waals surface area (Å²) in [6.45, 7) is 4.70. The highest BCUT2D eigenvalue weighted by atomic mass is 35.5. The van der Waals surface area contributed by atoms with E-state index in [1.54, 1.807) is 0 Å². The van der Waals surface area contributed by atoms with Crippen LogP contribution < -0.4 is 5.32 Å². The van der Waals surface area contributed by atoms with Crippen molar-refractivity contribution >= 4 is 18.4 Å². The summed E-state index contributed by atoms with van der Waals surface area (Å²) in [5, 5.41) is 11.5. The summed E-state index contributed by atoms with van der Waals surface area (Å²) in [5.41, 5.74) is -0.230. The van der Waals surface area contributed by atoms with Crippen LogP contribution in [0.4, 0.5) is 0 Å². The molecule has 0 spiro atoms. The van der Waals surface area contributed by atoms with E-state index >= 15 is 0 Å². The molecular weight excluding hydrogens is 182 g/mol. The second-order valence-corrected chi connectivity index (χ2v) is 3.34. The SMILES string of the molecule is CC1(C)CN[C@H](C(=O)O)CO1.Cl. The lowest BCUT2D eigenvalue weighted by atomic mass is 10.1. The Morgan fingerprint density at radius 3 is 2.58 bits per heavy atom. The maximum Gasteiger partial charge on any atom is 0.323 e. The van der Waals surface area contributed by atoms with Gasteiger partial charge in [0.1, 0.15) is 6.04 Å². The van der Waals surface area contributed by atoms with Crippen LogP contribution in [0.1, 0.15) is 13.8 Å². The molecule has 2 N–H and O–H groups in total. The standard InChI is InChI=1S/C7H13NO3.ClH/c1-7(2)4-8-5(3-11-7)6(9)10;/h5,8H,3-4H2,1-2H3,(H,9,10);1H/t5-;/m0./s1. The summed E-state index contributed by atoms with van der Waals surface area (Å²) >= 11 is 0. The van der Waals surface area contributed by atoms with Crippen LogP contribution in [0.25, 0.3) is 0 Å². The van der Waals surface area contributed by atoms with Crippen molar-refractivity contribution in [2.45, 2.75) is 25.5 Å². The lowest BCUT2D eigenvalue weighted by Crippen LogP contribution is -2.54. The second kappa shape index (κ2) is 4.07. The number of rotatable bonds is 1. The van der Waals surface area contributed by atoms with Gasteiger partial charge in [0.15, 0.2) is 0 Å². The molecule has 0 amide bonds. The number of hydrogen-bond donors (Lipinski definition) is 2. The Labute approximate surface area is 77.7 Å². The number of morpholine rings is 1. The minimum absolute atomic E-state index is 0. The number of carboxylic acids is 1. The van der Waals surface area contributed by atoms with Crippen LogP contribution in [0.3, 0.4) is 0 Å². The maximum atomic E-state index is 10.4. The van der Waals surface area contributed by atoms with Crippen LogP contribution in [-0.4, -0.2) is 35.9 Å². The third-order valence-corrected chi connectivity index (χ3v) is 1.71. The highest BCUT2D eigenvalue weighted by Gasteiger charge is 2.30. The van der Waals surface area contributed by atoms with Gasteiger partial charge in [0.25, 0.3) is 0 Å². The van der Waals surface area contributed by atoms with Crippen molar-refractivity contribution in [3.05, 3.63) is 0 Å². The topological polar surface area (TPSA) is 58.6 Å². The number of carbonyl (C=O) groups is 1. The van der Waals surface area contributed by atoms with Crippen LogP contribution in [0.5, 0.6) is 0 Å². The molecular formula is C7H14ClNO3. The van der Waals surface area contributed by atoms with Crippen molar-refractivity contribution in [1.29, 1.82) is 0 Å². The number of carboxylic acid groups (broad SMARTS) is 1. The first-order valence-electron chi connectivity index (χ1n) is 3.61. The molecule has 0 aromatic rings. The van der Waals surface area contributed by atoms with Gasteiger partial charge in [0.05, 0.1) is 12.2 Å². The highest BCUT2D eigenvalue weighted by molar-refractivity contribution is 5.85. The Hall–Kier alpha value is -0.320. The fourth-order valence-corrected chi connectivity index (χ4v) is 0.946. The summed E-state index contributed by atoms with van der Waals surface area (Å²) < 4.78 is 5.30. The Balaban J connectivity index is 0.00000121. The Kier molecular flexibility index (Phi) is 3.96. The molecule has 1 aliphatic heterocycles. The maximum absolute atomic E-state index is 10.4. The molecule has 0 aliphatic carbocycles. The van der Waals surface area contributed by atoms with E-state index in [1.165, 1.54) is 0 Å². The van der Waals surface area contributed by atoms with Crippen LogP contribution in [0, 0.1) is 0 Å². The predicted octanol–water partition coefficient (Wildman–Crippen LogP) is 0.260. The van der Waals surface area contributed by atoms with Crippen LogP contribution >= 0.6 is 12.4 Å². The molecule has 72 valence electrons. The smallest absolute Gasteiger partial charge is 0.323 e. The summed E-state index contributed by atoms with van der Waals surface area (Å²) in [6.07, 6.45) is 0. The van der Waals surface area contributed by atoms with Gasteiger partial charge < -0.3 is 9.84 Å². The molecule has 1 fully saturated rings. The predicted molar refractivity (Wildman–Crippen MR) is 46.7 cm³/mol. The molecule has 4 nitrogen and oxygen atoms in total. The number of nitrogens with one attached hydrogen (secondary N) is 1. The van der Waals surface area contributed by atoms with Crippen molar-refractivity contribution in [3.8, 4) is 0 Å². The van der Waals surface area contributed by atoms with Gasteiger partial charge in [-0.15, -0.1) is 12.4 Å². The molecule has 0 aromatic heterocycles. The fraction of sp³-hybridized carbons (Fsp3) is 0.857. The summed E-state index contributed by atoms with van der Waals surface area (Å²) in [7, 11) is 0. The van der Waals surface area contributed by atoms with Crippen molar-refractivity contribution in [2.75, 3.05) is 13.2 Å². The first-order chi connectivity index (χ1) is 5.01. The van der Waals surface area contributed by atoms with E-state index in [9.17, 15) is 4.79 Å². The van der Waals surface area contributed by atoms with E-state index in [0.717, 1.165) is 0 Å². The fourth-order valence-electron chi connectivity index (χ4n) is 0.946. The van der Waals surface area contributed by atoms with Crippen LogP contribution in [0.2, 0.25) is 0 Å². The third kappa shape index (κ3) is 2.97. The van der Waals surface area contributed by atoms with Gasteiger partial charge in [-0.05, 0) is 13.8 Å². The lowest BCUT2D eigenvalue weighted by Gasteiger charge is -2.33. The Bertz CT molecular complexity index is 162. The van der Waals surface area contributed by atoms with E-state index < -0.39 is 12.0 Å². The molecule has 1 atom stereocenters. The van der Waals surface area contributed by atoms with E-state index in [2.05, 4.69) is 5.32 Å². The minimum Gasteiger partial charge on any atom is -0.480 e. The number of ether oxygens (including phenoxy) is 1. The van der Waals surface area contributed by atoms with Crippen molar-refractivity contribution in [3.63, 3.8) is 0 Å². The molecule has 0 aromatic carbocycles. The zero-order valence-corrected chi connectivity index (χ0v) is 7.98. The normalized spacial score (nSPS) is 27.3. The van der Waals surface area contributed by atoms with Gasteiger partial charge in [-0.3, -0.25) is 10.1 Å². The molecule has 1 aliphatic rings. The van der Waals surface area contributed by atoms with E-state index in [4.69, 9.17) is 9.84 Å². The van der Waals surface area contributed by atoms with Gasteiger partial charge >= 0.3 is 5.97 Å². The van der Waals surface area contributed by atoms with Gasteiger partial charge in [0, 0.05) is 6.54 Å². The van der Waals surface area contributed by atoms with Gasteiger partial charge in [-0.2, -0.15) is 0 Å². The van der Waals surface area contributed by atoms with Gasteiger partial charge in [0.2, 0.25) is 0 Å². The monoisotopic (exact) mass is 195 g/mol. The quantitative estimate of drug-likeness (QED) is 0.630. The Morgan fingerprint density at radius 1 is 1.67 bits per heavy atom. The van der Waals surface area contributed by atoms with E-state index in [1.807, 2.05) is 13.8 Å². The van der Waals surface area contributed by atoms with E-state index in [0.29, 0.717) is 6.54 Å². The largest absolute Gasteiger partial charge is 0.480 e. The third-order valence-electron chi connectivity index (χ3n) is 1.71.